The molecule has 0 aliphatic carbocycles. The average molecular weight is 348 g/mol. The molecule has 4 nitrogen and oxygen atoms in total. The first-order valence-corrected chi connectivity index (χ1v) is 8.22. The van der Waals surface area contributed by atoms with Gasteiger partial charge in [-0.2, -0.15) is 0 Å². The van der Waals surface area contributed by atoms with E-state index in [1.165, 1.54) is 0 Å². The minimum atomic E-state index is -0.953. The summed E-state index contributed by atoms with van der Waals surface area (Å²) < 4.78 is 11.0. The van der Waals surface area contributed by atoms with Crippen molar-refractivity contribution in [2.45, 2.75) is 6.92 Å². The Bertz CT molecular complexity index is 960. The fraction of sp³-hybridized carbons (Fsp3) is 0.136. The molecule has 3 rings (SSSR count). The molecule has 0 bridgehead atoms. The Balaban J connectivity index is 2.39. The number of aromatic carboxylic acids is 1. The van der Waals surface area contributed by atoms with Gasteiger partial charge in [-0.05, 0) is 41.8 Å². The monoisotopic (exact) mass is 348 g/mol. The minimum Gasteiger partial charge on any atom is -0.496 e. The predicted molar refractivity (Wildman–Crippen MR) is 102 cm³/mol. The number of carbonyl (C=O) groups is 1. The molecule has 0 aliphatic rings. The number of para-hydroxylation sites is 2. The van der Waals surface area contributed by atoms with Gasteiger partial charge in [0.25, 0.3) is 0 Å². The number of benzene rings is 3. The molecule has 1 N–H and O–H groups in total. The lowest BCUT2D eigenvalue weighted by atomic mass is 9.87. The Morgan fingerprint density at radius 3 is 1.88 bits per heavy atom. The van der Waals surface area contributed by atoms with Crippen LogP contribution in [-0.4, -0.2) is 25.3 Å². The highest BCUT2D eigenvalue weighted by atomic mass is 16.5. The van der Waals surface area contributed by atoms with Crippen LogP contribution < -0.4 is 9.47 Å². The predicted octanol–water partition coefficient (Wildman–Crippen LogP) is 5.04. The van der Waals surface area contributed by atoms with E-state index < -0.39 is 5.97 Å². The molecular weight excluding hydrogens is 328 g/mol. The Morgan fingerprint density at radius 2 is 1.31 bits per heavy atom. The number of hydrogen-bond acceptors (Lipinski definition) is 3. The van der Waals surface area contributed by atoms with Crippen molar-refractivity contribution in [2.24, 2.45) is 0 Å². The summed E-state index contributed by atoms with van der Waals surface area (Å²) in [6.07, 6.45) is 0. The second-order valence-electron chi connectivity index (χ2n) is 5.87. The molecule has 0 saturated heterocycles. The number of rotatable bonds is 5. The van der Waals surface area contributed by atoms with Crippen LogP contribution in [0.5, 0.6) is 11.5 Å². The second kappa shape index (κ2) is 7.31. The van der Waals surface area contributed by atoms with Crippen LogP contribution in [-0.2, 0) is 0 Å². The van der Waals surface area contributed by atoms with E-state index in [0.29, 0.717) is 11.3 Å². The molecule has 3 aromatic carbocycles. The topological polar surface area (TPSA) is 55.8 Å². The van der Waals surface area contributed by atoms with E-state index in [1.54, 1.807) is 20.3 Å². The molecule has 4 heteroatoms. The fourth-order valence-electron chi connectivity index (χ4n) is 3.23. The van der Waals surface area contributed by atoms with Crippen molar-refractivity contribution >= 4 is 5.97 Å². The Morgan fingerprint density at radius 1 is 0.769 bits per heavy atom. The maximum atomic E-state index is 11.7. The minimum absolute atomic E-state index is 0.268. The fourth-order valence-corrected chi connectivity index (χ4v) is 3.23. The molecule has 0 saturated carbocycles. The molecule has 0 spiro atoms. The third-order valence-electron chi connectivity index (χ3n) is 4.47. The quantitative estimate of drug-likeness (QED) is 0.701. The van der Waals surface area contributed by atoms with E-state index in [9.17, 15) is 9.90 Å². The SMILES string of the molecule is COc1ccccc1-c1ccc(C(=O)O)c(C)c1-c1ccccc1OC. The molecule has 0 aromatic heterocycles. The molecule has 132 valence electrons. The molecule has 0 amide bonds. The maximum Gasteiger partial charge on any atom is 0.335 e. The van der Waals surface area contributed by atoms with Gasteiger partial charge in [-0.3, -0.25) is 0 Å². The zero-order valence-electron chi connectivity index (χ0n) is 14.9. The van der Waals surface area contributed by atoms with Gasteiger partial charge in [-0.1, -0.05) is 42.5 Å². The van der Waals surface area contributed by atoms with Gasteiger partial charge in [-0.15, -0.1) is 0 Å². The summed E-state index contributed by atoms with van der Waals surface area (Å²) in [5.74, 6) is 0.464. The van der Waals surface area contributed by atoms with E-state index in [0.717, 1.165) is 28.0 Å². The zero-order chi connectivity index (χ0) is 18.7. The van der Waals surface area contributed by atoms with E-state index in [-0.39, 0.29) is 5.56 Å². The Labute approximate surface area is 152 Å². The number of carboxylic acids is 1. The van der Waals surface area contributed by atoms with E-state index in [1.807, 2.05) is 61.5 Å². The summed E-state index contributed by atoms with van der Waals surface area (Å²) in [4.78, 5) is 11.7. The largest absolute Gasteiger partial charge is 0.496 e. The van der Waals surface area contributed by atoms with Crippen LogP contribution in [0, 0.1) is 6.92 Å². The molecule has 0 atom stereocenters. The maximum absolute atomic E-state index is 11.7. The molecule has 0 unspecified atom stereocenters. The summed E-state index contributed by atoms with van der Waals surface area (Å²) in [6, 6.07) is 18.8. The molecule has 0 fully saturated rings. The van der Waals surface area contributed by atoms with Crippen molar-refractivity contribution in [1.82, 2.24) is 0 Å². The van der Waals surface area contributed by atoms with Gasteiger partial charge in [0.1, 0.15) is 11.5 Å². The van der Waals surface area contributed by atoms with Crippen molar-refractivity contribution in [3.63, 3.8) is 0 Å². The highest BCUT2D eigenvalue weighted by molar-refractivity contribution is 5.98. The van der Waals surface area contributed by atoms with E-state index in [4.69, 9.17) is 9.47 Å². The van der Waals surface area contributed by atoms with Crippen LogP contribution in [0.2, 0.25) is 0 Å². The normalized spacial score (nSPS) is 10.4. The summed E-state index contributed by atoms with van der Waals surface area (Å²) in [5, 5.41) is 9.57. The van der Waals surface area contributed by atoms with Crippen LogP contribution in [0.4, 0.5) is 0 Å². The van der Waals surface area contributed by atoms with Crippen molar-refractivity contribution in [3.8, 4) is 33.8 Å². The van der Waals surface area contributed by atoms with Crippen molar-refractivity contribution < 1.29 is 19.4 Å². The van der Waals surface area contributed by atoms with Crippen LogP contribution in [0.25, 0.3) is 22.3 Å². The Hall–Kier alpha value is -3.27. The van der Waals surface area contributed by atoms with Gasteiger partial charge in [0.15, 0.2) is 0 Å². The van der Waals surface area contributed by atoms with Gasteiger partial charge in [-0.25, -0.2) is 4.79 Å². The van der Waals surface area contributed by atoms with Gasteiger partial charge in [0.2, 0.25) is 0 Å². The van der Waals surface area contributed by atoms with Gasteiger partial charge >= 0.3 is 5.97 Å². The summed E-state index contributed by atoms with van der Waals surface area (Å²) >= 11 is 0. The number of methoxy groups -OCH3 is 2. The smallest absolute Gasteiger partial charge is 0.335 e. The van der Waals surface area contributed by atoms with Gasteiger partial charge < -0.3 is 14.6 Å². The highest BCUT2D eigenvalue weighted by Gasteiger charge is 2.20. The first-order valence-electron chi connectivity index (χ1n) is 8.22. The van der Waals surface area contributed by atoms with Gasteiger partial charge in [0.05, 0.1) is 19.8 Å². The molecule has 26 heavy (non-hydrogen) atoms. The van der Waals surface area contributed by atoms with Crippen LogP contribution in [0.1, 0.15) is 15.9 Å². The molecule has 0 radical (unpaired) electrons. The van der Waals surface area contributed by atoms with Crippen molar-refractivity contribution in [1.29, 1.82) is 0 Å². The summed E-state index contributed by atoms with van der Waals surface area (Å²) in [7, 11) is 3.23. The molecule has 3 aromatic rings. The number of carboxylic acid groups (broad SMARTS) is 1. The van der Waals surface area contributed by atoms with Crippen LogP contribution in [0.3, 0.4) is 0 Å². The third kappa shape index (κ3) is 3.02. The molecule has 0 aliphatic heterocycles. The standard InChI is InChI=1S/C22H20O4/c1-14-15(22(23)24)12-13-17(16-8-4-6-10-19(16)25-2)21(14)18-9-5-7-11-20(18)26-3/h4-13H,1-3H3,(H,23,24). The summed E-state index contributed by atoms with van der Waals surface area (Å²) in [6.45, 7) is 1.82. The highest BCUT2D eigenvalue weighted by Crippen LogP contribution is 2.43. The Kier molecular flexibility index (Phi) is 4.94. The number of ether oxygens (including phenoxy) is 2. The van der Waals surface area contributed by atoms with Crippen LogP contribution >= 0.6 is 0 Å². The van der Waals surface area contributed by atoms with Crippen LogP contribution in [0.15, 0.2) is 60.7 Å². The van der Waals surface area contributed by atoms with Crippen molar-refractivity contribution in [2.75, 3.05) is 14.2 Å². The van der Waals surface area contributed by atoms with Crippen molar-refractivity contribution in [3.05, 3.63) is 71.8 Å². The first-order chi connectivity index (χ1) is 12.6. The second-order valence-corrected chi connectivity index (χ2v) is 5.87. The lowest BCUT2D eigenvalue weighted by Gasteiger charge is -2.19. The molecule has 0 heterocycles. The average Bonchev–Trinajstić information content (AvgIpc) is 2.67. The number of hydrogen-bond donors (Lipinski definition) is 1. The molecular formula is C22H20O4. The first kappa shape index (κ1) is 17.5. The van der Waals surface area contributed by atoms with E-state index in [2.05, 4.69) is 0 Å². The lowest BCUT2D eigenvalue weighted by molar-refractivity contribution is 0.0696. The summed E-state index contributed by atoms with van der Waals surface area (Å²) in [5.41, 5.74) is 4.42. The third-order valence-corrected chi connectivity index (χ3v) is 4.47. The van der Waals surface area contributed by atoms with E-state index >= 15 is 0 Å². The van der Waals surface area contributed by atoms with Gasteiger partial charge in [0, 0.05) is 11.1 Å². The zero-order valence-corrected chi connectivity index (χ0v) is 14.9. The lowest BCUT2D eigenvalue weighted by Crippen LogP contribution is -2.03.